The lowest BCUT2D eigenvalue weighted by atomic mass is 10.1. The van der Waals surface area contributed by atoms with Gasteiger partial charge in [-0.2, -0.15) is 16.9 Å². The zero-order chi connectivity index (χ0) is 16.3. The molecule has 4 N–H and O–H groups in total. The van der Waals surface area contributed by atoms with Crippen LogP contribution in [0.2, 0.25) is 0 Å². The van der Waals surface area contributed by atoms with Crippen LogP contribution in [0.15, 0.2) is 5.10 Å². The zero-order valence-electron chi connectivity index (χ0n) is 14.1. The van der Waals surface area contributed by atoms with Gasteiger partial charge in [0.25, 0.3) is 0 Å². The molecule has 2 amide bonds. The first-order chi connectivity index (χ1) is 10.8. The van der Waals surface area contributed by atoms with Gasteiger partial charge in [-0.3, -0.25) is 5.32 Å². The molecule has 0 aliphatic carbocycles. The van der Waals surface area contributed by atoms with Gasteiger partial charge in [0.2, 0.25) is 0 Å². The van der Waals surface area contributed by atoms with E-state index in [2.05, 4.69) is 22.7 Å². The zero-order valence-corrected chi connectivity index (χ0v) is 14.9. The highest BCUT2D eigenvalue weighted by molar-refractivity contribution is 7.99. The number of urea groups is 1. The van der Waals surface area contributed by atoms with Gasteiger partial charge in [-0.15, -0.1) is 0 Å². The van der Waals surface area contributed by atoms with Crippen molar-refractivity contribution in [3.63, 3.8) is 0 Å². The van der Waals surface area contributed by atoms with Crippen molar-refractivity contribution < 1.29 is 4.79 Å². The second kappa shape index (κ2) is 18.1. The van der Waals surface area contributed by atoms with Gasteiger partial charge in [-0.25, -0.2) is 4.79 Å². The molecule has 0 saturated carbocycles. The summed E-state index contributed by atoms with van der Waals surface area (Å²) in [5, 5.41) is 8.34. The van der Waals surface area contributed by atoms with E-state index < -0.39 is 0 Å². The summed E-state index contributed by atoms with van der Waals surface area (Å²) < 4.78 is 0. The Morgan fingerprint density at radius 1 is 1.00 bits per heavy atom. The third-order valence-corrected chi connectivity index (χ3v) is 4.57. The van der Waals surface area contributed by atoms with Crippen LogP contribution in [0.25, 0.3) is 0 Å². The molecule has 0 bridgehead atoms. The largest absolute Gasteiger partial charge is 0.338 e. The minimum absolute atomic E-state index is 0.252. The number of hydrazone groups is 1. The first-order valence-corrected chi connectivity index (χ1v) is 9.80. The molecule has 5 nitrogen and oxygen atoms in total. The Hall–Kier alpha value is -0.910. The molecule has 0 spiro atoms. The lowest BCUT2D eigenvalue weighted by Gasteiger charge is -2.04. The molecule has 0 unspecified atom stereocenters. The van der Waals surface area contributed by atoms with E-state index in [-0.39, 0.29) is 6.03 Å². The van der Waals surface area contributed by atoms with Crippen LogP contribution in [0.5, 0.6) is 0 Å². The van der Waals surface area contributed by atoms with Gasteiger partial charge in [0.1, 0.15) is 6.34 Å². The van der Waals surface area contributed by atoms with Crippen LogP contribution in [0.4, 0.5) is 4.79 Å². The molecule has 0 aromatic carbocycles. The summed E-state index contributed by atoms with van der Waals surface area (Å²) in [6.07, 6.45) is 14.6. The minimum atomic E-state index is -0.252. The molecule has 0 aromatic rings. The van der Waals surface area contributed by atoms with Crippen LogP contribution in [-0.4, -0.2) is 30.4 Å². The highest BCUT2D eigenvalue weighted by Crippen LogP contribution is 2.12. The third kappa shape index (κ3) is 17.1. The number of rotatable bonds is 15. The quantitative estimate of drug-likeness (QED) is 0.140. The molecule has 0 aromatic heterocycles. The number of hydrogen-bond donors (Lipinski definition) is 3. The second-order valence-electron chi connectivity index (χ2n) is 5.47. The van der Waals surface area contributed by atoms with E-state index >= 15 is 0 Å². The lowest BCUT2D eigenvalue weighted by molar-refractivity contribution is 0.245. The van der Waals surface area contributed by atoms with Gasteiger partial charge in [0, 0.05) is 6.54 Å². The van der Waals surface area contributed by atoms with Crippen LogP contribution < -0.4 is 16.5 Å². The molecule has 0 radical (unpaired) electrons. The van der Waals surface area contributed by atoms with E-state index in [0.29, 0.717) is 6.54 Å². The molecule has 130 valence electrons. The fraction of sp³-hybridized carbons (Fsp3) is 0.875. The van der Waals surface area contributed by atoms with Crippen molar-refractivity contribution in [1.29, 1.82) is 0 Å². The number of nitrogens with one attached hydrogen (secondary N) is 2. The van der Waals surface area contributed by atoms with Crippen molar-refractivity contribution in [3.05, 3.63) is 0 Å². The summed E-state index contributed by atoms with van der Waals surface area (Å²) >= 11 is 1.98. The van der Waals surface area contributed by atoms with Crippen LogP contribution in [0, 0.1) is 0 Å². The van der Waals surface area contributed by atoms with Crippen LogP contribution in [0.3, 0.4) is 0 Å². The van der Waals surface area contributed by atoms with Crippen LogP contribution in [0.1, 0.15) is 71.1 Å². The molecule has 0 rings (SSSR count). The topological polar surface area (TPSA) is 79.5 Å². The van der Waals surface area contributed by atoms with Gasteiger partial charge < -0.3 is 11.2 Å². The predicted molar refractivity (Wildman–Crippen MR) is 98.4 cm³/mol. The van der Waals surface area contributed by atoms with Crippen LogP contribution in [-0.2, 0) is 0 Å². The number of nitrogens with zero attached hydrogens (tertiary/aromatic N) is 1. The summed E-state index contributed by atoms with van der Waals surface area (Å²) in [5.74, 6) is 7.22. The molecular weight excluding hydrogens is 296 g/mol. The lowest BCUT2D eigenvalue weighted by Crippen LogP contribution is -2.35. The molecule has 0 heterocycles. The standard InChI is InChI=1S/C16H34N4OS/c1-2-3-4-5-6-7-8-9-10-13-22-14-11-12-18-16(21)19-15-20-17/h15H,2-14,17H2,1H3,(H2,18,19,20,21). The Kier molecular flexibility index (Phi) is 17.4. The van der Waals surface area contributed by atoms with Crippen LogP contribution >= 0.6 is 11.8 Å². The molecule has 6 heteroatoms. The monoisotopic (exact) mass is 330 g/mol. The average molecular weight is 331 g/mol. The summed E-state index contributed by atoms with van der Waals surface area (Å²) in [6.45, 7) is 2.95. The summed E-state index contributed by atoms with van der Waals surface area (Å²) in [7, 11) is 0. The van der Waals surface area contributed by atoms with E-state index in [0.717, 1.165) is 12.2 Å². The first kappa shape index (κ1) is 21.1. The van der Waals surface area contributed by atoms with E-state index in [1.165, 1.54) is 69.9 Å². The van der Waals surface area contributed by atoms with Crippen molar-refractivity contribution in [1.82, 2.24) is 10.6 Å². The Morgan fingerprint density at radius 2 is 1.59 bits per heavy atom. The van der Waals surface area contributed by atoms with Gasteiger partial charge in [-0.05, 0) is 24.3 Å². The van der Waals surface area contributed by atoms with E-state index in [1.54, 1.807) is 0 Å². The van der Waals surface area contributed by atoms with Crippen molar-refractivity contribution in [2.45, 2.75) is 71.1 Å². The summed E-state index contributed by atoms with van der Waals surface area (Å²) in [6, 6.07) is -0.252. The Morgan fingerprint density at radius 3 is 2.23 bits per heavy atom. The fourth-order valence-electron chi connectivity index (χ4n) is 2.14. The number of carbonyl (C=O) groups is 1. The number of unbranched alkanes of at least 4 members (excludes halogenated alkanes) is 8. The van der Waals surface area contributed by atoms with E-state index in [4.69, 9.17) is 5.84 Å². The summed E-state index contributed by atoms with van der Waals surface area (Å²) in [4.78, 5) is 11.1. The highest BCUT2D eigenvalue weighted by Gasteiger charge is 1.96. The van der Waals surface area contributed by atoms with Crippen molar-refractivity contribution >= 4 is 24.1 Å². The molecule has 0 fully saturated rings. The fourth-order valence-corrected chi connectivity index (χ4v) is 3.10. The molecule has 0 atom stereocenters. The predicted octanol–water partition coefficient (Wildman–Crippen LogP) is 3.84. The maximum absolute atomic E-state index is 11.1. The average Bonchev–Trinajstić information content (AvgIpc) is 2.53. The first-order valence-electron chi connectivity index (χ1n) is 8.65. The molecule has 22 heavy (non-hydrogen) atoms. The van der Waals surface area contributed by atoms with E-state index in [1.807, 2.05) is 11.8 Å². The van der Waals surface area contributed by atoms with Crippen molar-refractivity contribution in [2.24, 2.45) is 10.9 Å². The maximum Gasteiger partial charge on any atom is 0.319 e. The van der Waals surface area contributed by atoms with Gasteiger partial charge in [0.15, 0.2) is 0 Å². The number of carbonyl (C=O) groups excluding carboxylic acids is 1. The number of nitrogens with two attached hydrogens (primary N) is 1. The molecule has 0 aliphatic rings. The second-order valence-corrected chi connectivity index (χ2v) is 6.70. The van der Waals surface area contributed by atoms with Gasteiger partial charge in [0.05, 0.1) is 0 Å². The maximum atomic E-state index is 11.1. The number of hydrogen-bond acceptors (Lipinski definition) is 4. The van der Waals surface area contributed by atoms with Crippen molar-refractivity contribution in [3.8, 4) is 0 Å². The van der Waals surface area contributed by atoms with Crippen molar-refractivity contribution in [2.75, 3.05) is 18.1 Å². The van der Waals surface area contributed by atoms with Gasteiger partial charge in [-0.1, -0.05) is 58.3 Å². The van der Waals surface area contributed by atoms with E-state index in [9.17, 15) is 4.79 Å². The smallest absolute Gasteiger partial charge is 0.319 e. The highest BCUT2D eigenvalue weighted by atomic mass is 32.2. The molecular formula is C16H34N4OS. The Balaban J connectivity index is 3.07. The normalized spacial score (nSPS) is 11.0. The SMILES string of the molecule is CCCCCCCCCCCSCCCNC(=O)NC=NN. The minimum Gasteiger partial charge on any atom is -0.338 e. The van der Waals surface area contributed by atoms with Gasteiger partial charge >= 0.3 is 6.03 Å². The molecule has 0 saturated heterocycles. The third-order valence-electron chi connectivity index (χ3n) is 3.41. The Labute approximate surface area is 140 Å². The number of amides is 2. The molecule has 0 aliphatic heterocycles. The number of thioether (sulfide) groups is 1. The Bertz CT molecular complexity index is 275. The summed E-state index contributed by atoms with van der Waals surface area (Å²) in [5.41, 5.74) is 0.